The van der Waals surface area contributed by atoms with Crippen molar-refractivity contribution in [3.8, 4) is 0 Å². The molecule has 0 saturated heterocycles. The number of benzene rings is 1. The molecule has 1 aromatic carbocycles. The largest absolute Gasteiger partial charge is 0.356 e. The number of rotatable bonds is 4. The van der Waals surface area contributed by atoms with E-state index in [1.54, 1.807) is 6.08 Å². The Morgan fingerprint density at radius 1 is 1.25 bits per heavy atom. The predicted octanol–water partition coefficient (Wildman–Crippen LogP) is 4.52. The van der Waals surface area contributed by atoms with Gasteiger partial charge in [0.15, 0.2) is 0 Å². The quantitative estimate of drug-likeness (QED) is 0.448. The van der Waals surface area contributed by atoms with Gasteiger partial charge in [-0.15, -0.1) is 6.58 Å². The Hall–Kier alpha value is -0.350. The van der Waals surface area contributed by atoms with Gasteiger partial charge in [0, 0.05) is 5.41 Å². The molecule has 0 fully saturated rings. The highest BCUT2D eigenvalue weighted by Crippen LogP contribution is 2.48. The average molecular weight is 330 g/mol. The van der Waals surface area contributed by atoms with Crippen molar-refractivity contribution in [2.75, 3.05) is 6.61 Å². The van der Waals surface area contributed by atoms with Crippen molar-refractivity contribution in [3.63, 3.8) is 0 Å². The zero-order valence-electron chi connectivity index (χ0n) is 10.2. The first-order valence-electron chi connectivity index (χ1n) is 5.41. The topological polar surface area (TPSA) is 9.23 Å². The first kappa shape index (κ1) is 13.7. The minimum atomic E-state index is -0.319. The Kier molecular flexibility index (Phi) is 4.56. The molecule has 0 amide bonds. The monoisotopic (exact) mass is 330 g/mol. The first-order chi connectivity index (χ1) is 7.42. The summed E-state index contributed by atoms with van der Waals surface area (Å²) in [6.45, 7) is 10.8. The minimum Gasteiger partial charge on any atom is -0.356 e. The minimum absolute atomic E-state index is 0.0257. The maximum absolute atomic E-state index is 6.00. The highest BCUT2D eigenvalue weighted by atomic mass is 127. The van der Waals surface area contributed by atoms with E-state index < -0.39 is 0 Å². The molecule has 1 nitrogen and oxygen atoms in total. The summed E-state index contributed by atoms with van der Waals surface area (Å²) >= 11 is 2.40. The summed E-state index contributed by atoms with van der Waals surface area (Å²) in [5.41, 5.74) is 1.22. The van der Waals surface area contributed by atoms with E-state index in [9.17, 15) is 0 Å². The molecule has 1 rings (SSSR count). The second kappa shape index (κ2) is 5.32. The van der Waals surface area contributed by atoms with Gasteiger partial charge in [0.1, 0.15) is 3.61 Å². The highest BCUT2D eigenvalue weighted by Gasteiger charge is 2.41. The van der Waals surface area contributed by atoms with Gasteiger partial charge < -0.3 is 4.74 Å². The number of hydrogen-bond donors (Lipinski definition) is 0. The lowest BCUT2D eigenvalue weighted by Gasteiger charge is -2.40. The van der Waals surface area contributed by atoms with Crippen LogP contribution in [0.5, 0.6) is 0 Å². The summed E-state index contributed by atoms with van der Waals surface area (Å²) in [6, 6.07) is 10.3. The summed E-state index contributed by atoms with van der Waals surface area (Å²) in [5.74, 6) is 0. The molecule has 1 atom stereocenters. The lowest BCUT2D eigenvalue weighted by atomic mass is 9.84. The summed E-state index contributed by atoms with van der Waals surface area (Å²) in [4.78, 5) is 0. The zero-order valence-corrected chi connectivity index (χ0v) is 12.3. The number of hydrogen-bond acceptors (Lipinski definition) is 1. The SMILES string of the molecule is C=CCOC(I)(c1ccccc1)C(C)(C)C. The highest BCUT2D eigenvalue weighted by molar-refractivity contribution is 14.1. The maximum atomic E-state index is 6.00. The van der Waals surface area contributed by atoms with Crippen LogP contribution < -0.4 is 0 Å². The molecule has 0 N–H and O–H groups in total. The molecule has 16 heavy (non-hydrogen) atoms. The standard InChI is InChI=1S/C14H19IO/c1-5-11-16-14(15,13(2,3)4)12-9-7-6-8-10-12/h5-10H,1,11H2,2-4H3. The molecule has 0 saturated carbocycles. The van der Waals surface area contributed by atoms with Crippen molar-refractivity contribution in [2.45, 2.75) is 24.4 Å². The van der Waals surface area contributed by atoms with Crippen LogP contribution in [0.1, 0.15) is 26.3 Å². The molecule has 0 bridgehead atoms. The fraction of sp³-hybridized carbons (Fsp3) is 0.429. The van der Waals surface area contributed by atoms with Gasteiger partial charge in [-0.2, -0.15) is 0 Å². The van der Waals surface area contributed by atoms with Gasteiger partial charge in [-0.3, -0.25) is 0 Å². The van der Waals surface area contributed by atoms with E-state index in [-0.39, 0.29) is 9.02 Å². The molecule has 88 valence electrons. The van der Waals surface area contributed by atoms with Crippen molar-refractivity contribution < 1.29 is 4.74 Å². The Bertz CT molecular complexity index is 340. The molecule has 1 unspecified atom stereocenters. The van der Waals surface area contributed by atoms with Crippen molar-refractivity contribution in [2.24, 2.45) is 5.41 Å². The second-order valence-electron chi connectivity index (χ2n) is 4.81. The summed E-state index contributed by atoms with van der Waals surface area (Å²) < 4.78 is 5.68. The number of halogens is 1. The van der Waals surface area contributed by atoms with E-state index in [0.717, 1.165) is 0 Å². The van der Waals surface area contributed by atoms with Gasteiger partial charge >= 0.3 is 0 Å². The van der Waals surface area contributed by atoms with Crippen LogP contribution in [-0.2, 0) is 8.34 Å². The molecule has 2 heteroatoms. The van der Waals surface area contributed by atoms with E-state index in [4.69, 9.17) is 4.74 Å². The van der Waals surface area contributed by atoms with Crippen LogP contribution in [0.25, 0.3) is 0 Å². The molecule has 0 heterocycles. The predicted molar refractivity (Wildman–Crippen MR) is 77.7 cm³/mol. The van der Waals surface area contributed by atoms with Gasteiger partial charge in [-0.1, -0.05) is 57.2 Å². The molecular formula is C14H19IO. The smallest absolute Gasteiger partial charge is 0.149 e. The van der Waals surface area contributed by atoms with Crippen molar-refractivity contribution >= 4 is 22.6 Å². The van der Waals surface area contributed by atoms with Gasteiger partial charge in [-0.25, -0.2) is 0 Å². The van der Waals surface area contributed by atoms with Crippen LogP contribution in [0.2, 0.25) is 0 Å². The third-order valence-electron chi connectivity index (χ3n) is 2.51. The third-order valence-corrected chi connectivity index (χ3v) is 5.06. The second-order valence-corrected chi connectivity index (χ2v) is 6.33. The molecule has 0 aliphatic heterocycles. The van der Waals surface area contributed by atoms with Gasteiger partial charge in [0.2, 0.25) is 0 Å². The molecule has 0 aliphatic carbocycles. The van der Waals surface area contributed by atoms with E-state index in [0.29, 0.717) is 6.61 Å². The Labute approximate surface area is 112 Å². The fourth-order valence-corrected chi connectivity index (χ4v) is 2.10. The van der Waals surface area contributed by atoms with E-state index in [1.807, 2.05) is 18.2 Å². The van der Waals surface area contributed by atoms with Crippen molar-refractivity contribution in [1.82, 2.24) is 0 Å². The maximum Gasteiger partial charge on any atom is 0.149 e. The Balaban J connectivity index is 3.10. The van der Waals surface area contributed by atoms with Gasteiger partial charge in [-0.05, 0) is 28.2 Å². The van der Waals surface area contributed by atoms with Crippen molar-refractivity contribution in [1.29, 1.82) is 0 Å². The van der Waals surface area contributed by atoms with Crippen LogP contribution in [-0.4, -0.2) is 6.61 Å². The lowest BCUT2D eigenvalue weighted by molar-refractivity contribution is -0.0222. The van der Waals surface area contributed by atoms with Crippen LogP contribution in [0.15, 0.2) is 43.0 Å². The van der Waals surface area contributed by atoms with Gasteiger partial charge in [0.05, 0.1) is 6.61 Å². The van der Waals surface area contributed by atoms with E-state index >= 15 is 0 Å². The van der Waals surface area contributed by atoms with Crippen LogP contribution in [0, 0.1) is 5.41 Å². The summed E-state index contributed by atoms with van der Waals surface area (Å²) in [6.07, 6.45) is 1.79. The van der Waals surface area contributed by atoms with E-state index in [2.05, 4.69) is 62.1 Å². The van der Waals surface area contributed by atoms with Gasteiger partial charge in [0.25, 0.3) is 0 Å². The normalized spacial score (nSPS) is 15.5. The molecular weight excluding hydrogens is 311 g/mol. The molecule has 0 aromatic heterocycles. The van der Waals surface area contributed by atoms with E-state index in [1.165, 1.54) is 5.56 Å². The zero-order chi connectivity index (χ0) is 12.2. The van der Waals surface area contributed by atoms with Crippen LogP contribution in [0.3, 0.4) is 0 Å². The molecule has 1 aromatic rings. The number of alkyl halides is 1. The van der Waals surface area contributed by atoms with Crippen LogP contribution >= 0.6 is 22.6 Å². The lowest BCUT2D eigenvalue weighted by Crippen LogP contribution is -2.37. The fourth-order valence-electron chi connectivity index (χ4n) is 1.56. The van der Waals surface area contributed by atoms with Crippen molar-refractivity contribution in [3.05, 3.63) is 48.6 Å². The first-order valence-corrected chi connectivity index (χ1v) is 6.49. The third kappa shape index (κ3) is 2.86. The number of ether oxygens (including phenoxy) is 1. The van der Waals surface area contributed by atoms with Crippen LogP contribution in [0.4, 0.5) is 0 Å². The molecule has 0 radical (unpaired) electrons. The summed E-state index contributed by atoms with van der Waals surface area (Å²) in [5, 5.41) is 0. The Morgan fingerprint density at radius 2 is 1.81 bits per heavy atom. The average Bonchev–Trinajstić information content (AvgIpc) is 2.25. The molecule has 0 spiro atoms. The summed E-state index contributed by atoms with van der Waals surface area (Å²) in [7, 11) is 0. The molecule has 0 aliphatic rings. The Morgan fingerprint density at radius 3 is 2.25 bits per heavy atom.